The molecule has 1 N–H and O–H groups in total. The van der Waals surface area contributed by atoms with Gasteiger partial charge >= 0.3 is 0 Å². The number of hydrogen-bond donors (Lipinski definition) is 1. The summed E-state index contributed by atoms with van der Waals surface area (Å²) in [5.41, 5.74) is 4.27. The zero-order valence-electron chi connectivity index (χ0n) is 10.3. The lowest BCUT2D eigenvalue weighted by Crippen LogP contribution is -1.88. The fourth-order valence-corrected chi connectivity index (χ4v) is 2.53. The Hall–Kier alpha value is -2.46. The number of para-hydroxylation sites is 2. The van der Waals surface area contributed by atoms with Crippen molar-refractivity contribution in [1.29, 1.82) is 0 Å². The number of nitrogens with one attached hydrogen (secondary N) is 1. The van der Waals surface area contributed by atoms with Gasteiger partial charge in [0.15, 0.2) is 0 Å². The number of halogens is 1. The van der Waals surface area contributed by atoms with E-state index in [1.165, 1.54) is 0 Å². The van der Waals surface area contributed by atoms with Gasteiger partial charge in [0.2, 0.25) is 0 Å². The average molecular weight is 281 g/mol. The SMILES string of the molecule is Clc1cccc2[nH]c(-c3cccc4nccnc34)nc12. The highest BCUT2D eigenvalue weighted by Crippen LogP contribution is 2.28. The lowest BCUT2D eigenvalue weighted by Gasteiger charge is -2.01. The summed E-state index contributed by atoms with van der Waals surface area (Å²) in [6.07, 6.45) is 3.36. The van der Waals surface area contributed by atoms with Crippen LogP contribution in [0.25, 0.3) is 33.5 Å². The van der Waals surface area contributed by atoms with E-state index in [2.05, 4.69) is 19.9 Å². The average Bonchev–Trinajstić information content (AvgIpc) is 2.92. The molecule has 20 heavy (non-hydrogen) atoms. The van der Waals surface area contributed by atoms with E-state index in [1.54, 1.807) is 12.4 Å². The number of hydrogen-bond acceptors (Lipinski definition) is 3. The van der Waals surface area contributed by atoms with Gasteiger partial charge in [0, 0.05) is 18.0 Å². The minimum Gasteiger partial charge on any atom is -0.338 e. The molecule has 0 unspecified atom stereocenters. The van der Waals surface area contributed by atoms with Crippen LogP contribution in [0.4, 0.5) is 0 Å². The summed E-state index contributed by atoms with van der Waals surface area (Å²) < 4.78 is 0. The minimum absolute atomic E-state index is 0.635. The fraction of sp³-hybridized carbons (Fsp3) is 0. The molecule has 0 aliphatic rings. The van der Waals surface area contributed by atoms with Gasteiger partial charge in [0.1, 0.15) is 11.3 Å². The van der Waals surface area contributed by atoms with Crippen molar-refractivity contribution in [3.05, 3.63) is 53.8 Å². The number of aromatic amines is 1. The molecule has 4 nitrogen and oxygen atoms in total. The van der Waals surface area contributed by atoms with Crippen LogP contribution in [0.15, 0.2) is 48.8 Å². The maximum Gasteiger partial charge on any atom is 0.140 e. The van der Waals surface area contributed by atoms with Crippen molar-refractivity contribution in [3.63, 3.8) is 0 Å². The van der Waals surface area contributed by atoms with Crippen molar-refractivity contribution < 1.29 is 0 Å². The summed E-state index contributed by atoms with van der Waals surface area (Å²) in [6.45, 7) is 0. The Balaban J connectivity index is 2.04. The molecule has 4 aromatic rings. The van der Waals surface area contributed by atoms with E-state index in [4.69, 9.17) is 11.6 Å². The number of imidazole rings is 1. The summed E-state index contributed by atoms with van der Waals surface area (Å²) >= 11 is 6.17. The lowest BCUT2D eigenvalue weighted by molar-refractivity contribution is 1.27. The summed E-state index contributed by atoms with van der Waals surface area (Å²) in [5.74, 6) is 0.749. The van der Waals surface area contributed by atoms with Gasteiger partial charge in [-0.3, -0.25) is 9.97 Å². The highest BCUT2D eigenvalue weighted by atomic mass is 35.5. The standard InChI is InChI=1S/C15H9ClN4/c16-10-4-2-6-12-14(10)20-15(19-12)9-3-1-5-11-13(9)18-8-7-17-11/h1-8H,(H,19,20). The first-order chi connectivity index (χ1) is 9.83. The quantitative estimate of drug-likeness (QED) is 0.576. The van der Waals surface area contributed by atoms with E-state index < -0.39 is 0 Å². The third-order valence-electron chi connectivity index (χ3n) is 3.22. The van der Waals surface area contributed by atoms with Crippen LogP contribution in [-0.4, -0.2) is 19.9 Å². The van der Waals surface area contributed by atoms with Crippen LogP contribution in [0.2, 0.25) is 5.02 Å². The molecule has 96 valence electrons. The van der Waals surface area contributed by atoms with Gasteiger partial charge in [-0.05, 0) is 24.3 Å². The Bertz CT molecular complexity index is 924. The van der Waals surface area contributed by atoms with E-state index in [9.17, 15) is 0 Å². The van der Waals surface area contributed by atoms with E-state index in [1.807, 2.05) is 36.4 Å². The molecule has 0 radical (unpaired) electrons. The Morgan fingerprint density at radius 3 is 2.65 bits per heavy atom. The monoisotopic (exact) mass is 280 g/mol. The fourth-order valence-electron chi connectivity index (χ4n) is 2.31. The molecule has 0 fully saturated rings. The molecular formula is C15H9ClN4. The number of rotatable bonds is 1. The molecule has 0 amide bonds. The molecule has 0 aliphatic heterocycles. The zero-order valence-corrected chi connectivity index (χ0v) is 11.1. The molecule has 4 rings (SSSR count). The van der Waals surface area contributed by atoms with E-state index in [0.717, 1.165) is 33.5 Å². The number of nitrogens with zero attached hydrogens (tertiary/aromatic N) is 3. The van der Waals surface area contributed by atoms with Crippen LogP contribution in [0.5, 0.6) is 0 Å². The molecular weight excluding hydrogens is 272 g/mol. The van der Waals surface area contributed by atoms with Crippen molar-refractivity contribution in [2.45, 2.75) is 0 Å². The molecule has 0 aliphatic carbocycles. The second kappa shape index (κ2) is 4.28. The number of benzene rings is 2. The molecule has 0 bridgehead atoms. The first kappa shape index (κ1) is 11.4. The molecule has 2 heterocycles. The smallest absolute Gasteiger partial charge is 0.140 e. The highest BCUT2D eigenvalue weighted by Gasteiger charge is 2.11. The molecule has 0 spiro atoms. The van der Waals surface area contributed by atoms with Gasteiger partial charge in [0.25, 0.3) is 0 Å². The third kappa shape index (κ3) is 1.66. The van der Waals surface area contributed by atoms with Gasteiger partial charge < -0.3 is 4.98 Å². The normalized spacial score (nSPS) is 11.2. The van der Waals surface area contributed by atoms with E-state index in [-0.39, 0.29) is 0 Å². The highest BCUT2D eigenvalue weighted by molar-refractivity contribution is 6.35. The Kier molecular flexibility index (Phi) is 2.44. The van der Waals surface area contributed by atoms with Gasteiger partial charge in [0.05, 0.1) is 21.6 Å². The van der Waals surface area contributed by atoms with E-state index >= 15 is 0 Å². The zero-order chi connectivity index (χ0) is 13.5. The van der Waals surface area contributed by atoms with Crippen molar-refractivity contribution in [2.24, 2.45) is 0 Å². The van der Waals surface area contributed by atoms with Crippen LogP contribution in [0.3, 0.4) is 0 Å². The lowest BCUT2D eigenvalue weighted by atomic mass is 10.1. The van der Waals surface area contributed by atoms with Crippen LogP contribution < -0.4 is 0 Å². The number of fused-ring (bicyclic) bond motifs is 2. The summed E-state index contributed by atoms with van der Waals surface area (Å²) in [6, 6.07) is 11.5. The van der Waals surface area contributed by atoms with Crippen molar-refractivity contribution in [1.82, 2.24) is 19.9 Å². The number of H-pyrrole nitrogens is 1. The van der Waals surface area contributed by atoms with Crippen molar-refractivity contribution in [2.75, 3.05) is 0 Å². The Morgan fingerprint density at radius 2 is 1.75 bits per heavy atom. The molecule has 2 aromatic carbocycles. The van der Waals surface area contributed by atoms with Crippen molar-refractivity contribution >= 4 is 33.7 Å². The van der Waals surface area contributed by atoms with Crippen LogP contribution in [0.1, 0.15) is 0 Å². The van der Waals surface area contributed by atoms with Crippen LogP contribution >= 0.6 is 11.6 Å². The maximum atomic E-state index is 6.17. The predicted octanol–water partition coefficient (Wildman–Crippen LogP) is 3.83. The second-order valence-corrected chi connectivity index (χ2v) is 4.86. The third-order valence-corrected chi connectivity index (χ3v) is 3.52. The van der Waals surface area contributed by atoms with Crippen LogP contribution in [-0.2, 0) is 0 Å². The Morgan fingerprint density at radius 1 is 0.900 bits per heavy atom. The van der Waals surface area contributed by atoms with Crippen molar-refractivity contribution in [3.8, 4) is 11.4 Å². The molecule has 0 atom stereocenters. The van der Waals surface area contributed by atoms with Gasteiger partial charge in [-0.2, -0.15) is 0 Å². The largest absolute Gasteiger partial charge is 0.338 e. The Labute approximate surface area is 119 Å². The maximum absolute atomic E-state index is 6.17. The van der Waals surface area contributed by atoms with E-state index in [0.29, 0.717) is 5.02 Å². The summed E-state index contributed by atoms with van der Waals surface area (Å²) in [4.78, 5) is 16.6. The molecule has 2 aromatic heterocycles. The molecule has 5 heteroatoms. The molecule has 0 saturated carbocycles. The summed E-state index contributed by atoms with van der Waals surface area (Å²) in [7, 11) is 0. The summed E-state index contributed by atoms with van der Waals surface area (Å²) in [5, 5.41) is 0.635. The van der Waals surface area contributed by atoms with Crippen LogP contribution in [0, 0.1) is 0 Å². The van der Waals surface area contributed by atoms with Gasteiger partial charge in [-0.15, -0.1) is 0 Å². The predicted molar refractivity (Wildman–Crippen MR) is 79.6 cm³/mol. The minimum atomic E-state index is 0.635. The molecule has 0 saturated heterocycles. The number of aromatic nitrogens is 4. The van der Waals surface area contributed by atoms with Gasteiger partial charge in [-0.1, -0.05) is 23.7 Å². The van der Waals surface area contributed by atoms with Gasteiger partial charge in [-0.25, -0.2) is 4.98 Å². The first-order valence-electron chi connectivity index (χ1n) is 6.17. The topological polar surface area (TPSA) is 54.5 Å². The second-order valence-electron chi connectivity index (χ2n) is 4.45. The first-order valence-corrected chi connectivity index (χ1v) is 6.55.